The van der Waals surface area contributed by atoms with E-state index in [9.17, 15) is 0 Å². The molecule has 3 aromatic rings. The van der Waals surface area contributed by atoms with Gasteiger partial charge < -0.3 is 5.32 Å². The molecule has 4 rings (SSSR count). The molecule has 166 valence electrons. The number of aryl methyl sites for hydroxylation is 1. The highest BCUT2D eigenvalue weighted by atomic mass is 35.5. The summed E-state index contributed by atoms with van der Waals surface area (Å²) in [4.78, 5) is 8.41. The van der Waals surface area contributed by atoms with Gasteiger partial charge in [-0.1, -0.05) is 54.9 Å². The number of benzene rings is 3. The molecule has 0 amide bonds. The van der Waals surface area contributed by atoms with Crippen molar-refractivity contribution in [2.75, 3.05) is 0 Å². The average Bonchev–Trinajstić information content (AvgIpc) is 3.23. The van der Waals surface area contributed by atoms with Crippen molar-refractivity contribution in [2.45, 2.75) is 58.5 Å². The van der Waals surface area contributed by atoms with E-state index in [4.69, 9.17) is 11.6 Å². The predicted molar refractivity (Wildman–Crippen MR) is 135 cm³/mol. The third-order valence-corrected chi connectivity index (χ3v) is 6.64. The highest BCUT2D eigenvalue weighted by molar-refractivity contribution is 6.34. The Morgan fingerprint density at radius 3 is 2.66 bits per heavy atom. The van der Waals surface area contributed by atoms with Gasteiger partial charge in [-0.25, -0.2) is 14.4 Å². The molecule has 0 saturated carbocycles. The zero-order chi connectivity index (χ0) is 22.8. The van der Waals surface area contributed by atoms with Gasteiger partial charge >= 0.3 is 0 Å². The van der Waals surface area contributed by atoms with E-state index in [1.165, 1.54) is 0 Å². The van der Waals surface area contributed by atoms with Gasteiger partial charge in [0, 0.05) is 17.6 Å². The third kappa shape index (κ3) is 4.48. The number of aliphatic imine (C=N–C) groups is 2. The topological polar surface area (TPSA) is 36.8 Å². The second-order valence-corrected chi connectivity index (χ2v) is 9.06. The van der Waals surface area contributed by atoms with Crippen LogP contribution in [-0.4, -0.2) is 24.6 Å². The number of rotatable bonds is 5. The fraction of sp³-hybridized carbons (Fsp3) is 0.333. The first-order valence-corrected chi connectivity index (χ1v) is 11.6. The molecular formula is C27H29ClFN3. The normalized spacial score (nSPS) is 19.0. The minimum absolute atomic E-state index is 0.284. The van der Waals surface area contributed by atoms with E-state index in [1.807, 2.05) is 43.3 Å². The van der Waals surface area contributed by atoms with Crippen molar-refractivity contribution in [3.63, 3.8) is 0 Å². The summed E-state index contributed by atoms with van der Waals surface area (Å²) < 4.78 is 16.2. The van der Waals surface area contributed by atoms with Gasteiger partial charge in [0.1, 0.15) is 11.5 Å². The maximum Gasteiger partial charge on any atom is 0.158 e. The molecule has 1 aliphatic rings. The van der Waals surface area contributed by atoms with Gasteiger partial charge in [0.05, 0.1) is 5.02 Å². The SMILES string of the molecule is C=N/C(C)=N\c1c(CC2CCC(CC)N2)cc(Cl)c(-c2cc(C)cc3ccccc23)c1F. The molecule has 0 radical (unpaired) electrons. The van der Waals surface area contributed by atoms with Crippen LogP contribution in [0.15, 0.2) is 52.4 Å². The number of fused-ring (bicyclic) bond motifs is 1. The van der Waals surface area contributed by atoms with Gasteiger partial charge in [0.25, 0.3) is 0 Å². The van der Waals surface area contributed by atoms with Crippen molar-refractivity contribution in [2.24, 2.45) is 9.98 Å². The molecule has 1 N–H and O–H groups in total. The van der Waals surface area contributed by atoms with Gasteiger partial charge in [-0.3, -0.25) is 0 Å². The first-order chi connectivity index (χ1) is 15.4. The van der Waals surface area contributed by atoms with Crippen LogP contribution in [0, 0.1) is 12.7 Å². The molecule has 3 aromatic carbocycles. The highest BCUT2D eigenvalue weighted by Gasteiger charge is 2.26. The molecule has 2 unspecified atom stereocenters. The van der Waals surface area contributed by atoms with Gasteiger partial charge in [-0.2, -0.15) is 0 Å². The fourth-order valence-electron chi connectivity index (χ4n) is 4.70. The number of hydrogen-bond donors (Lipinski definition) is 1. The van der Waals surface area contributed by atoms with Gasteiger partial charge in [0.15, 0.2) is 5.82 Å². The molecule has 0 spiro atoms. The fourth-order valence-corrected chi connectivity index (χ4v) is 5.01. The molecule has 32 heavy (non-hydrogen) atoms. The van der Waals surface area contributed by atoms with E-state index in [-0.39, 0.29) is 6.04 Å². The van der Waals surface area contributed by atoms with Crippen LogP contribution in [0.1, 0.15) is 44.2 Å². The standard InChI is InChI=1S/C27H29ClFN3/c1-5-20-10-11-21(32-20)14-19-15-24(28)25(26(29)27(19)31-17(3)30-4)23-13-16(2)12-18-8-6-7-9-22(18)23/h6-9,12-13,15,20-21,32H,4-5,10-11,14H2,1-3H3/b31-17-. The van der Waals surface area contributed by atoms with Crippen molar-refractivity contribution in [3.05, 3.63) is 64.4 Å². The zero-order valence-electron chi connectivity index (χ0n) is 18.9. The predicted octanol–water partition coefficient (Wildman–Crippen LogP) is 7.43. The lowest BCUT2D eigenvalue weighted by Crippen LogP contribution is -2.30. The van der Waals surface area contributed by atoms with E-state index in [1.54, 1.807) is 6.92 Å². The Bertz CT molecular complexity index is 1200. The van der Waals surface area contributed by atoms with Crippen LogP contribution in [0.4, 0.5) is 10.1 Å². The van der Waals surface area contributed by atoms with E-state index in [2.05, 4.69) is 35.0 Å². The molecule has 1 aliphatic heterocycles. The number of nitrogens with one attached hydrogen (secondary N) is 1. The highest BCUT2D eigenvalue weighted by Crippen LogP contribution is 2.42. The lowest BCUT2D eigenvalue weighted by Gasteiger charge is -2.18. The first kappa shape index (κ1) is 22.6. The molecule has 0 bridgehead atoms. The molecule has 3 nitrogen and oxygen atoms in total. The summed E-state index contributed by atoms with van der Waals surface area (Å²) in [6.45, 7) is 9.48. The quantitative estimate of drug-likeness (QED) is 0.319. The molecule has 1 heterocycles. The zero-order valence-corrected chi connectivity index (χ0v) is 19.6. The van der Waals surface area contributed by atoms with Crippen LogP contribution < -0.4 is 5.32 Å². The maximum absolute atomic E-state index is 16.2. The Morgan fingerprint density at radius 2 is 1.94 bits per heavy atom. The summed E-state index contributed by atoms with van der Waals surface area (Å²) in [5.74, 6) is 0.0228. The smallest absolute Gasteiger partial charge is 0.158 e. The Labute approximate surface area is 194 Å². The lowest BCUT2D eigenvalue weighted by molar-refractivity contribution is 0.523. The van der Waals surface area contributed by atoms with Crippen LogP contribution in [-0.2, 0) is 6.42 Å². The van der Waals surface area contributed by atoms with Crippen molar-refractivity contribution in [1.82, 2.24) is 5.32 Å². The average molecular weight is 450 g/mol. The van der Waals surface area contributed by atoms with Gasteiger partial charge in [-0.15, -0.1) is 0 Å². The van der Waals surface area contributed by atoms with Crippen LogP contribution in [0.5, 0.6) is 0 Å². The van der Waals surface area contributed by atoms with E-state index >= 15 is 4.39 Å². The first-order valence-electron chi connectivity index (χ1n) is 11.2. The summed E-state index contributed by atoms with van der Waals surface area (Å²) in [6, 6.07) is 14.7. The van der Waals surface area contributed by atoms with Crippen LogP contribution in [0.2, 0.25) is 5.02 Å². The van der Waals surface area contributed by atoms with Crippen molar-refractivity contribution in [1.29, 1.82) is 0 Å². The lowest BCUT2D eigenvalue weighted by atomic mass is 9.92. The number of amidine groups is 1. The summed E-state index contributed by atoms with van der Waals surface area (Å²) in [7, 11) is 0. The van der Waals surface area contributed by atoms with E-state index in [0.29, 0.717) is 34.6 Å². The Hall–Kier alpha value is -2.56. The molecule has 5 heteroatoms. The molecule has 1 fully saturated rings. The third-order valence-electron chi connectivity index (χ3n) is 6.34. The monoisotopic (exact) mass is 449 g/mol. The Morgan fingerprint density at radius 1 is 1.19 bits per heavy atom. The Balaban J connectivity index is 1.89. The Kier molecular flexibility index (Phi) is 6.73. The van der Waals surface area contributed by atoms with Gasteiger partial charge in [0.2, 0.25) is 0 Å². The summed E-state index contributed by atoms with van der Waals surface area (Å²) >= 11 is 6.76. The van der Waals surface area contributed by atoms with Gasteiger partial charge in [-0.05, 0) is 79.8 Å². The minimum Gasteiger partial charge on any atom is -0.311 e. The number of halogens is 2. The number of hydrogen-bond acceptors (Lipinski definition) is 2. The van der Waals surface area contributed by atoms with Crippen LogP contribution >= 0.6 is 11.6 Å². The molecule has 0 aliphatic carbocycles. The van der Waals surface area contributed by atoms with Crippen LogP contribution in [0.3, 0.4) is 0 Å². The van der Waals surface area contributed by atoms with E-state index in [0.717, 1.165) is 46.7 Å². The largest absolute Gasteiger partial charge is 0.311 e. The van der Waals surface area contributed by atoms with E-state index < -0.39 is 5.82 Å². The summed E-state index contributed by atoms with van der Waals surface area (Å²) in [5.41, 5.74) is 3.32. The number of nitrogens with zero attached hydrogens (tertiary/aromatic N) is 2. The van der Waals surface area contributed by atoms with Crippen molar-refractivity contribution < 1.29 is 4.39 Å². The van der Waals surface area contributed by atoms with Crippen LogP contribution in [0.25, 0.3) is 21.9 Å². The van der Waals surface area contributed by atoms with Crippen molar-refractivity contribution >= 4 is 40.6 Å². The minimum atomic E-state index is -0.406. The molecule has 0 aromatic heterocycles. The summed E-state index contributed by atoms with van der Waals surface area (Å²) in [6.07, 6.45) is 3.96. The van der Waals surface area contributed by atoms with Crippen molar-refractivity contribution in [3.8, 4) is 11.1 Å². The molecular weight excluding hydrogens is 421 g/mol. The maximum atomic E-state index is 16.2. The second kappa shape index (κ2) is 9.51. The summed E-state index contributed by atoms with van der Waals surface area (Å²) in [5, 5.41) is 6.07. The molecule has 2 atom stereocenters. The molecule has 1 saturated heterocycles. The second-order valence-electron chi connectivity index (χ2n) is 8.66.